The van der Waals surface area contributed by atoms with E-state index < -0.39 is 24.5 Å². The van der Waals surface area contributed by atoms with E-state index in [-0.39, 0.29) is 19.0 Å². The molecule has 1 saturated heterocycles. The number of nitrogens with zero attached hydrogens (tertiary/aromatic N) is 4. The van der Waals surface area contributed by atoms with E-state index >= 15 is 0 Å². The molecule has 114 valence electrons. The largest absolute Gasteiger partial charge is 0.394 e. The van der Waals surface area contributed by atoms with Crippen LogP contribution in [0.3, 0.4) is 0 Å². The van der Waals surface area contributed by atoms with Gasteiger partial charge in [0.2, 0.25) is 5.82 Å². The van der Waals surface area contributed by atoms with Crippen LogP contribution in [0.15, 0.2) is 11.3 Å². The van der Waals surface area contributed by atoms with E-state index in [1.165, 1.54) is 11.0 Å². The molecule has 0 amide bonds. The third-order valence-corrected chi connectivity index (χ3v) is 2.96. The second kappa shape index (κ2) is 6.95. The maximum Gasteiger partial charge on any atom is 0.216 e. The van der Waals surface area contributed by atoms with Crippen LogP contribution < -0.4 is 5.32 Å². The van der Waals surface area contributed by atoms with Crippen molar-refractivity contribution in [2.45, 2.75) is 24.5 Å². The van der Waals surface area contributed by atoms with Crippen LogP contribution in [0.2, 0.25) is 0 Å². The Bertz CT molecular complexity index is 468. The Morgan fingerprint density at radius 3 is 2.70 bits per heavy atom. The molecule has 4 atom stereocenters. The molecule has 4 unspecified atom stereocenters. The number of hydrogen-bond acceptors (Lipinski definition) is 7. The number of aliphatic hydroxyl groups is 3. The van der Waals surface area contributed by atoms with Crippen molar-refractivity contribution in [3.05, 3.63) is 12.2 Å². The summed E-state index contributed by atoms with van der Waals surface area (Å²) in [6.45, 7) is -0.380. The molecule has 0 aromatic carbocycles. The number of hydrogen-bond donors (Lipinski definition) is 4. The average molecular weight is 308 g/mol. The number of ether oxygens (including phenoxy) is 1. The average Bonchev–Trinajstić information content (AvgIpc) is 2.99. The maximum absolute atomic E-state index is 9.85. The fourth-order valence-corrected chi connectivity index (χ4v) is 1.93. The number of aliphatic hydroxyl groups excluding tert-OH is 3. The van der Waals surface area contributed by atoms with Crippen molar-refractivity contribution in [2.24, 2.45) is 4.99 Å². The highest BCUT2D eigenvalue weighted by molar-refractivity contribution is 5.94. The first-order valence-electron chi connectivity index (χ1n) is 5.80. The predicted molar refractivity (Wildman–Crippen MR) is 71.8 cm³/mol. The van der Waals surface area contributed by atoms with Crippen LogP contribution in [-0.4, -0.2) is 74.9 Å². The van der Waals surface area contributed by atoms with Gasteiger partial charge in [0.1, 0.15) is 24.6 Å². The van der Waals surface area contributed by atoms with E-state index in [1.807, 2.05) is 0 Å². The SMILES string of the molecule is CN=C(NC)c1ncn(C2OC(CO)C(O)C2O)n1.Cl. The van der Waals surface area contributed by atoms with Crippen LogP contribution in [0.4, 0.5) is 0 Å². The van der Waals surface area contributed by atoms with Crippen LogP contribution in [0, 0.1) is 0 Å². The van der Waals surface area contributed by atoms with Crippen molar-refractivity contribution >= 4 is 18.2 Å². The molecule has 0 spiro atoms. The van der Waals surface area contributed by atoms with Crippen molar-refractivity contribution in [1.29, 1.82) is 0 Å². The summed E-state index contributed by atoms with van der Waals surface area (Å²) in [6.07, 6.45) is -2.69. The first-order valence-corrected chi connectivity index (χ1v) is 5.80. The topological polar surface area (TPSA) is 125 Å². The number of nitrogens with one attached hydrogen (secondary N) is 1. The van der Waals surface area contributed by atoms with Crippen LogP contribution in [0.1, 0.15) is 12.1 Å². The Balaban J connectivity index is 0.00000200. The van der Waals surface area contributed by atoms with Crippen molar-refractivity contribution in [1.82, 2.24) is 20.1 Å². The van der Waals surface area contributed by atoms with E-state index in [2.05, 4.69) is 20.4 Å². The van der Waals surface area contributed by atoms with E-state index in [9.17, 15) is 10.2 Å². The van der Waals surface area contributed by atoms with Gasteiger partial charge in [-0.05, 0) is 0 Å². The Kier molecular flexibility index (Phi) is 5.84. The lowest BCUT2D eigenvalue weighted by Gasteiger charge is -2.13. The lowest BCUT2D eigenvalue weighted by atomic mass is 10.1. The van der Waals surface area contributed by atoms with E-state index in [0.717, 1.165) is 0 Å². The summed E-state index contributed by atoms with van der Waals surface area (Å²) in [5, 5.41) is 35.5. The molecule has 0 saturated carbocycles. The number of halogens is 1. The van der Waals surface area contributed by atoms with Crippen molar-refractivity contribution in [3.63, 3.8) is 0 Å². The maximum atomic E-state index is 9.85. The molecule has 1 aromatic heterocycles. The molecule has 1 fully saturated rings. The normalized spacial score (nSPS) is 30.1. The number of aliphatic imine (C=N–C) groups is 1. The molecule has 9 nitrogen and oxygen atoms in total. The Hall–Kier alpha value is -1.26. The zero-order valence-electron chi connectivity index (χ0n) is 11.0. The molecule has 2 rings (SSSR count). The summed E-state index contributed by atoms with van der Waals surface area (Å²) in [5.41, 5.74) is 0. The monoisotopic (exact) mass is 307 g/mol. The zero-order chi connectivity index (χ0) is 14.0. The second-order valence-corrected chi connectivity index (χ2v) is 4.10. The number of amidine groups is 1. The first-order chi connectivity index (χ1) is 9.12. The van der Waals surface area contributed by atoms with Crippen LogP contribution in [-0.2, 0) is 4.74 Å². The van der Waals surface area contributed by atoms with Crippen LogP contribution in [0.5, 0.6) is 0 Å². The highest BCUT2D eigenvalue weighted by Gasteiger charge is 2.43. The third-order valence-electron chi connectivity index (χ3n) is 2.96. The van der Waals surface area contributed by atoms with Gasteiger partial charge < -0.3 is 25.4 Å². The molecule has 20 heavy (non-hydrogen) atoms. The van der Waals surface area contributed by atoms with Crippen molar-refractivity contribution in [2.75, 3.05) is 20.7 Å². The van der Waals surface area contributed by atoms with Gasteiger partial charge >= 0.3 is 0 Å². The van der Waals surface area contributed by atoms with Gasteiger partial charge in [-0.25, -0.2) is 9.67 Å². The zero-order valence-corrected chi connectivity index (χ0v) is 11.9. The lowest BCUT2D eigenvalue weighted by molar-refractivity contribution is -0.0588. The number of aromatic nitrogens is 3. The summed E-state index contributed by atoms with van der Waals surface area (Å²) in [7, 11) is 3.29. The van der Waals surface area contributed by atoms with Crippen LogP contribution in [0.25, 0.3) is 0 Å². The summed E-state index contributed by atoms with van der Waals surface area (Å²) in [6, 6.07) is 0. The molecule has 4 N–H and O–H groups in total. The van der Waals surface area contributed by atoms with E-state index in [4.69, 9.17) is 9.84 Å². The summed E-state index contributed by atoms with van der Waals surface area (Å²) in [4.78, 5) is 7.99. The number of rotatable bonds is 3. The molecular formula is C10H18ClN5O4. The quantitative estimate of drug-likeness (QED) is 0.372. The molecule has 1 aromatic rings. The standard InChI is InChI=1S/C10H17N5O4.ClH/c1-11-8(12-2)9-13-4-15(14-9)10-7(18)6(17)5(3-16)19-10;/h4-7,10,16-18H,3H2,1-2H3,(H,11,12);1H. The minimum Gasteiger partial charge on any atom is -0.394 e. The highest BCUT2D eigenvalue weighted by Crippen LogP contribution is 2.28. The molecule has 10 heteroatoms. The van der Waals surface area contributed by atoms with Gasteiger partial charge in [0.25, 0.3) is 0 Å². The molecule has 0 radical (unpaired) electrons. The predicted octanol–water partition coefficient (Wildman–Crippen LogP) is -2.09. The van der Waals surface area contributed by atoms with Crippen LogP contribution >= 0.6 is 12.4 Å². The minimum atomic E-state index is -1.18. The highest BCUT2D eigenvalue weighted by atomic mass is 35.5. The summed E-state index contributed by atoms with van der Waals surface area (Å²) < 4.78 is 6.62. The lowest BCUT2D eigenvalue weighted by Crippen LogP contribution is -2.33. The molecular weight excluding hydrogens is 290 g/mol. The smallest absolute Gasteiger partial charge is 0.216 e. The van der Waals surface area contributed by atoms with Crippen molar-refractivity contribution in [3.8, 4) is 0 Å². The fourth-order valence-electron chi connectivity index (χ4n) is 1.93. The molecule has 1 aliphatic heterocycles. The van der Waals surface area contributed by atoms with E-state index in [0.29, 0.717) is 11.7 Å². The minimum absolute atomic E-state index is 0. The molecule has 1 aliphatic rings. The van der Waals surface area contributed by atoms with Gasteiger partial charge in [-0.15, -0.1) is 17.5 Å². The van der Waals surface area contributed by atoms with E-state index in [1.54, 1.807) is 14.1 Å². The van der Waals surface area contributed by atoms with Gasteiger partial charge in [0, 0.05) is 14.1 Å². The second-order valence-electron chi connectivity index (χ2n) is 4.10. The van der Waals surface area contributed by atoms with Gasteiger partial charge in [0.15, 0.2) is 12.1 Å². The molecule has 0 bridgehead atoms. The van der Waals surface area contributed by atoms with Gasteiger partial charge in [-0.2, -0.15) is 0 Å². The van der Waals surface area contributed by atoms with Crippen molar-refractivity contribution < 1.29 is 20.1 Å². The summed E-state index contributed by atoms with van der Waals surface area (Å²) in [5.74, 6) is 0.841. The molecule has 0 aliphatic carbocycles. The van der Waals surface area contributed by atoms with Gasteiger partial charge in [-0.1, -0.05) is 0 Å². The Labute approximate surface area is 121 Å². The summed E-state index contributed by atoms with van der Waals surface area (Å²) >= 11 is 0. The van der Waals surface area contributed by atoms with Gasteiger partial charge in [0.05, 0.1) is 6.61 Å². The Morgan fingerprint density at radius 2 is 2.20 bits per heavy atom. The molecule has 2 heterocycles. The fraction of sp³-hybridized carbons (Fsp3) is 0.700. The Morgan fingerprint density at radius 1 is 1.50 bits per heavy atom. The first kappa shape index (κ1) is 16.8. The third kappa shape index (κ3) is 2.91. The van der Waals surface area contributed by atoms with Gasteiger partial charge in [-0.3, -0.25) is 4.99 Å².